The second kappa shape index (κ2) is 7.42. The van der Waals surface area contributed by atoms with Gasteiger partial charge in [-0.15, -0.1) is 12.4 Å². The lowest BCUT2D eigenvalue weighted by Crippen LogP contribution is -2.26. The average molecular weight is 341 g/mol. The van der Waals surface area contributed by atoms with E-state index in [0.29, 0.717) is 17.4 Å². The molecule has 4 nitrogen and oxygen atoms in total. The molecule has 2 aromatic rings. The van der Waals surface area contributed by atoms with Crippen LogP contribution in [0.1, 0.15) is 12.8 Å². The first-order chi connectivity index (χ1) is 10.2. The number of hydrogen-bond acceptors (Lipinski definition) is 3. The van der Waals surface area contributed by atoms with Gasteiger partial charge in [0, 0.05) is 11.9 Å². The third-order valence-corrected chi connectivity index (χ3v) is 5.57. The van der Waals surface area contributed by atoms with Gasteiger partial charge in [-0.05, 0) is 43.3 Å². The molecule has 0 amide bonds. The molecule has 0 spiro atoms. The van der Waals surface area contributed by atoms with Crippen molar-refractivity contribution in [1.82, 2.24) is 10.0 Å². The van der Waals surface area contributed by atoms with Gasteiger partial charge in [0.25, 0.3) is 0 Å². The fourth-order valence-corrected chi connectivity index (χ4v) is 4.14. The van der Waals surface area contributed by atoms with E-state index >= 15 is 0 Å². The molecule has 120 valence electrons. The molecule has 1 saturated heterocycles. The molecule has 0 saturated carbocycles. The Kier molecular flexibility index (Phi) is 5.81. The van der Waals surface area contributed by atoms with E-state index in [1.807, 2.05) is 30.3 Å². The number of hydrogen-bond donors (Lipinski definition) is 2. The predicted octanol–water partition coefficient (Wildman–Crippen LogP) is 2.54. The summed E-state index contributed by atoms with van der Waals surface area (Å²) in [7, 11) is -3.45. The summed E-state index contributed by atoms with van der Waals surface area (Å²) in [5.41, 5.74) is 0. The molecule has 0 aromatic heterocycles. The minimum absolute atomic E-state index is 0. The van der Waals surface area contributed by atoms with E-state index < -0.39 is 10.0 Å². The summed E-state index contributed by atoms with van der Waals surface area (Å²) >= 11 is 0. The molecule has 22 heavy (non-hydrogen) atoms. The van der Waals surface area contributed by atoms with E-state index in [1.54, 1.807) is 12.1 Å². The van der Waals surface area contributed by atoms with Crippen LogP contribution in [0.3, 0.4) is 0 Å². The summed E-state index contributed by atoms with van der Waals surface area (Å²) in [6, 6.07) is 13.0. The van der Waals surface area contributed by atoms with Gasteiger partial charge < -0.3 is 5.32 Å². The van der Waals surface area contributed by atoms with E-state index in [4.69, 9.17) is 0 Å². The molecule has 6 heteroatoms. The molecule has 2 aromatic carbocycles. The highest BCUT2D eigenvalue weighted by Gasteiger charge is 2.19. The van der Waals surface area contributed by atoms with Crippen LogP contribution in [-0.4, -0.2) is 28.1 Å². The lowest BCUT2D eigenvalue weighted by atomic mass is 10.1. The number of rotatable bonds is 5. The van der Waals surface area contributed by atoms with Crippen molar-refractivity contribution in [1.29, 1.82) is 0 Å². The molecule has 1 aliphatic heterocycles. The van der Waals surface area contributed by atoms with Crippen LogP contribution in [0.15, 0.2) is 47.4 Å². The second-order valence-electron chi connectivity index (χ2n) is 5.52. The molecular formula is C16H21ClN2O2S. The highest BCUT2D eigenvalue weighted by atomic mass is 35.5. The van der Waals surface area contributed by atoms with Gasteiger partial charge in [0.05, 0.1) is 4.90 Å². The lowest BCUT2D eigenvalue weighted by Gasteiger charge is -2.11. The zero-order valence-electron chi connectivity index (χ0n) is 12.3. The van der Waals surface area contributed by atoms with Crippen LogP contribution in [0.4, 0.5) is 0 Å². The molecule has 0 radical (unpaired) electrons. The summed E-state index contributed by atoms with van der Waals surface area (Å²) in [5, 5.41) is 5.02. The zero-order chi connectivity index (χ0) is 14.7. The highest BCUT2D eigenvalue weighted by Crippen LogP contribution is 2.22. The number of benzene rings is 2. The van der Waals surface area contributed by atoms with Crippen molar-refractivity contribution < 1.29 is 8.42 Å². The van der Waals surface area contributed by atoms with Crippen molar-refractivity contribution >= 4 is 33.2 Å². The molecule has 1 aliphatic rings. The van der Waals surface area contributed by atoms with E-state index in [2.05, 4.69) is 10.0 Å². The molecule has 0 bridgehead atoms. The first kappa shape index (κ1) is 17.2. The van der Waals surface area contributed by atoms with E-state index in [1.165, 1.54) is 0 Å². The van der Waals surface area contributed by atoms with Crippen molar-refractivity contribution in [2.24, 2.45) is 5.92 Å². The van der Waals surface area contributed by atoms with Gasteiger partial charge in [-0.1, -0.05) is 36.4 Å². The molecule has 1 unspecified atom stereocenters. The quantitative estimate of drug-likeness (QED) is 0.879. The average Bonchev–Trinajstić information content (AvgIpc) is 3.00. The minimum Gasteiger partial charge on any atom is -0.316 e. The Balaban J connectivity index is 0.00000176. The Morgan fingerprint density at radius 2 is 1.91 bits per heavy atom. The number of sulfonamides is 1. The van der Waals surface area contributed by atoms with Gasteiger partial charge in [0.15, 0.2) is 0 Å². The summed E-state index contributed by atoms with van der Waals surface area (Å²) in [4.78, 5) is 0.366. The van der Waals surface area contributed by atoms with E-state index in [-0.39, 0.29) is 12.4 Å². The van der Waals surface area contributed by atoms with Crippen molar-refractivity contribution in [2.45, 2.75) is 17.7 Å². The van der Waals surface area contributed by atoms with Crippen LogP contribution in [0, 0.1) is 5.92 Å². The van der Waals surface area contributed by atoms with Crippen molar-refractivity contribution in [3.63, 3.8) is 0 Å². The number of halogens is 1. The van der Waals surface area contributed by atoms with Gasteiger partial charge in [0.1, 0.15) is 0 Å². The van der Waals surface area contributed by atoms with E-state index in [9.17, 15) is 8.42 Å². The Labute approximate surface area is 137 Å². The smallest absolute Gasteiger partial charge is 0.241 e. The Morgan fingerprint density at radius 1 is 1.14 bits per heavy atom. The standard InChI is InChI=1S/C16H20N2O2S.ClH/c19-21(20,18-11-9-13-8-10-17-12-13)16-7-3-5-14-4-1-2-6-15(14)16;/h1-7,13,17-18H,8-12H2;1H. The maximum absolute atomic E-state index is 12.5. The SMILES string of the molecule is Cl.O=S(=O)(NCCC1CCNC1)c1cccc2ccccc12. The van der Waals surface area contributed by atoms with Crippen LogP contribution >= 0.6 is 12.4 Å². The van der Waals surface area contributed by atoms with Crippen molar-refractivity contribution in [2.75, 3.05) is 19.6 Å². The minimum atomic E-state index is -3.45. The van der Waals surface area contributed by atoms with E-state index in [0.717, 1.165) is 36.7 Å². The fourth-order valence-electron chi connectivity index (χ4n) is 2.87. The molecule has 0 aliphatic carbocycles. The number of fused-ring (bicyclic) bond motifs is 1. The van der Waals surface area contributed by atoms with Crippen LogP contribution in [0.5, 0.6) is 0 Å². The molecular weight excluding hydrogens is 320 g/mol. The fraction of sp³-hybridized carbons (Fsp3) is 0.375. The topological polar surface area (TPSA) is 58.2 Å². The summed E-state index contributed by atoms with van der Waals surface area (Å²) < 4.78 is 27.7. The Morgan fingerprint density at radius 3 is 2.68 bits per heavy atom. The highest BCUT2D eigenvalue weighted by molar-refractivity contribution is 7.89. The van der Waals surface area contributed by atoms with Gasteiger partial charge in [-0.3, -0.25) is 0 Å². The first-order valence-electron chi connectivity index (χ1n) is 7.35. The van der Waals surface area contributed by atoms with Crippen molar-refractivity contribution in [3.8, 4) is 0 Å². The summed E-state index contributed by atoms with van der Waals surface area (Å²) in [5.74, 6) is 0.584. The second-order valence-corrected chi connectivity index (χ2v) is 7.26. The monoisotopic (exact) mass is 340 g/mol. The molecule has 1 heterocycles. The Hall–Kier alpha value is -1.14. The van der Waals surface area contributed by atoms with Gasteiger partial charge >= 0.3 is 0 Å². The summed E-state index contributed by atoms with van der Waals surface area (Å²) in [6.45, 7) is 2.54. The molecule has 1 atom stereocenters. The predicted molar refractivity (Wildman–Crippen MR) is 92.0 cm³/mol. The van der Waals surface area contributed by atoms with Gasteiger partial charge in [-0.2, -0.15) is 0 Å². The van der Waals surface area contributed by atoms with Crippen LogP contribution in [-0.2, 0) is 10.0 Å². The van der Waals surface area contributed by atoms with Crippen LogP contribution in [0.2, 0.25) is 0 Å². The van der Waals surface area contributed by atoms with Crippen LogP contribution in [0.25, 0.3) is 10.8 Å². The van der Waals surface area contributed by atoms with Crippen LogP contribution < -0.4 is 10.0 Å². The van der Waals surface area contributed by atoms with Gasteiger partial charge in [-0.25, -0.2) is 13.1 Å². The van der Waals surface area contributed by atoms with Gasteiger partial charge in [0.2, 0.25) is 10.0 Å². The number of nitrogens with one attached hydrogen (secondary N) is 2. The third-order valence-electron chi connectivity index (χ3n) is 4.05. The van der Waals surface area contributed by atoms with Crippen molar-refractivity contribution in [3.05, 3.63) is 42.5 Å². The lowest BCUT2D eigenvalue weighted by molar-refractivity contribution is 0.519. The largest absolute Gasteiger partial charge is 0.316 e. The molecule has 3 rings (SSSR count). The first-order valence-corrected chi connectivity index (χ1v) is 8.83. The Bertz CT molecular complexity index is 723. The molecule has 2 N–H and O–H groups in total. The maximum Gasteiger partial charge on any atom is 0.241 e. The maximum atomic E-state index is 12.5. The normalized spacial score (nSPS) is 18.3. The molecule has 1 fully saturated rings. The zero-order valence-corrected chi connectivity index (χ0v) is 13.9. The third kappa shape index (κ3) is 3.79. The summed E-state index contributed by atoms with van der Waals surface area (Å²) in [6.07, 6.45) is 2.02.